The van der Waals surface area contributed by atoms with Crippen LogP contribution >= 0.6 is 39.1 Å². The van der Waals surface area contributed by atoms with Gasteiger partial charge in [-0.15, -0.1) is 0 Å². The summed E-state index contributed by atoms with van der Waals surface area (Å²) in [5.74, 6) is -0.322. The molecule has 0 bridgehead atoms. The lowest BCUT2D eigenvalue weighted by molar-refractivity contribution is -0.140. The van der Waals surface area contributed by atoms with Crippen molar-refractivity contribution in [2.24, 2.45) is 0 Å². The predicted molar refractivity (Wildman–Crippen MR) is 122 cm³/mol. The maximum Gasteiger partial charge on any atom is 0.242 e. The van der Waals surface area contributed by atoms with Gasteiger partial charge >= 0.3 is 0 Å². The van der Waals surface area contributed by atoms with E-state index in [2.05, 4.69) is 21.2 Å². The molecule has 2 atom stereocenters. The quantitative estimate of drug-likeness (QED) is 0.511. The lowest BCUT2D eigenvalue weighted by Gasteiger charge is -2.30. The molecule has 1 N–H and O–H groups in total. The minimum absolute atomic E-state index is 0.0460. The monoisotopic (exact) mass is 498 g/mol. The van der Waals surface area contributed by atoms with Crippen molar-refractivity contribution in [3.63, 3.8) is 0 Å². The fourth-order valence-electron chi connectivity index (χ4n) is 2.76. The highest BCUT2D eigenvalue weighted by Gasteiger charge is 2.27. The number of nitrogens with one attached hydrogen (secondary N) is 1. The SMILES string of the molecule is CCC(C)NC(=O)C(C)N(Cc1ccc(Br)cc1)C(=O)Cc1ccc(Cl)c(Cl)c1. The Hall–Kier alpha value is -1.56. The summed E-state index contributed by atoms with van der Waals surface area (Å²) < 4.78 is 0.956. The van der Waals surface area contributed by atoms with E-state index < -0.39 is 6.04 Å². The zero-order valence-corrected chi connectivity index (χ0v) is 19.8. The average Bonchev–Trinajstić information content (AvgIpc) is 2.69. The summed E-state index contributed by atoms with van der Waals surface area (Å²) in [6.45, 7) is 6.04. The molecule has 2 amide bonds. The summed E-state index contributed by atoms with van der Waals surface area (Å²) in [6.07, 6.45) is 0.955. The molecule has 0 aliphatic rings. The first-order chi connectivity index (χ1) is 13.7. The maximum absolute atomic E-state index is 13.1. The third-order valence-corrected chi connectivity index (χ3v) is 6.04. The molecule has 2 rings (SSSR count). The lowest BCUT2D eigenvalue weighted by atomic mass is 10.1. The van der Waals surface area contributed by atoms with Crippen molar-refractivity contribution in [2.45, 2.75) is 52.2 Å². The Morgan fingerprint density at radius 2 is 1.66 bits per heavy atom. The zero-order chi connectivity index (χ0) is 21.6. The fourth-order valence-corrected chi connectivity index (χ4v) is 3.35. The Morgan fingerprint density at radius 1 is 1.03 bits per heavy atom. The first-order valence-electron chi connectivity index (χ1n) is 9.49. The lowest BCUT2D eigenvalue weighted by Crippen LogP contribution is -2.49. The van der Waals surface area contributed by atoms with Crippen molar-refractivity contribution in [1.29, 1.82) is 0 Å². The second kappa shape index (κ2) is 11.0. The largest absolute Gasteiger partial charge is 0.352 e. The molecule has 0 radical (unpaired) electrons. The van der Waals surface area contributed by atoms with Crippen molar-refractivity contribution in [2.75, 3.05) is 0 Å². The second-order valence-electron chi connectivity index (χ2n) is 7.07. The Labute approximate surface area is 190 Å². The van der Waals surface area contributed by atoms with Gasteiger partial charge in [-0.25, -0.2) is 0 Å². The summed E-state index contributed by atoms with van der Waals surface area (Å²) in [5.41, 5.74) is 1.69. The summed E-state index contributed by atoms with van der Waals surface area (Å²) in [6, 6.07) is 12.3. The van der Waals surface area contributed by atoms with E-state index in [0.717, 1.165) is 22.0 Å². The van der Waals surface area contributed by atoms with Crippen molar-refractivity contribution in [3.05, 3.63) is 68.1 Å². The third kappa shape index (κ3) is 7.02. The van der Waals surface area contributed by atoms with Crippen LogP contribution in [0.2, 0.25) is 10.0 Å². The normalized spacial score (nSPS) is 12.9. The van der Waals surface area contributed by atoms with Crippen LogP contribution in [0.5, 0.6) is 0 Å². The molecule has 2 aromatic carbocycles. The van der Waals surface area contributed by atoms with Crippen LogP contribution in [-0.2, 0) is 22.6 Å². The van der Waals surface area contributed by atoms with Gasteiger partial charge in [0.25, 0.3) is 0 Å². The number of nitrogens with zero attached hydrogens (tertiary/aromatic N) is 1. The molecule has 7 heteroatoms. The van der Waals surface area contributed by atoms with Crippen LogP contribution in [0.1, 0.15) is 38.3 Å². The number of rotatable bonds is 8. The molecule has 0 aliphatic carbocycles. The number of carbonyl (C=O) groups is 2. The minimum atomic E-state index is -0.608. The first-order valence-corrected chi connectivity index (χ1v) is 11.0. The van der Waals surface area contributed by atoms with Crippen LogP contribution in [0.4, 0.5) is 0 Å². The Bertz CT molecular complexity index is 858. The average molecular weight is 500 g/mol. The summed E-state index contributed by atoms with van der Waals surface area (Å²) >= 11 is 15.5. The van der Waals surface area contributed by atoms with Gasteiger partial charge in [-0.1, -0.05) is 64.3 Å². The van der Waals surface area contributed by atoms with E-state index in [1.165, 1.54) is 0 Å². The molecule has 0 saturated heterocycles. The number of amides is 2. The molecule has 2 aromatic rings. The minimum Gasteiger partial charge on any atom is -0.352 e. The molecule has 2 unspecified atom stereocenters. The van der Waals surface area contributed by atoms with Crippen molar-refractivity contribution in [3.8, 4) is 0 Å². The smallest absolute Gasteiger partial charge is 0.242 e. The van der Waals surface area contributed by atoms with Crippen LogP contribution in [0.15, 0.2) is 46.9 Å². The van der Waals surface area contributed by atoms with Gasteiger partial charge in [-0.2, -0.15) is 0 Å². The maximum atomic E-state index is 13.1. The van der Waals surface area contributed by atoms with Gasteiger partial charge in [0, 0.05) is 17.1 Å². The molecular weight excluding hydrogens is 475 g/mol. The zero-order valence-electron chi connectivity index (χ0n) is 16.7. The molecule has 0 spiro atoms. The van der Waals surface area contributed by atoms with Crippen molar-refractivity contribution < 1.29 is 9.59 Å². The molecule has 29 heavy (non-hydrogen) atoms. The third-order valence-electron chi connectivity index (χ3n) is 4.77. The van der Waals surface area contributed by atoms with Gasteiger partial charge in [-0.05, 0) is 55.7 Å². The van der Waals surface area contributed by atoms with E-state index in [-0.39, 0.29) is 24.3 Å². The van der Waals surface area contributed by atoms with Gasteiger partial charge < -0.3 is 10.2 Å². The van der Waals surface area contributed by atoms with Crippen molar-refractivity contribution in [1.82, 2.24) is 10.2 Å². The predicted octanol–water partition coefficient (Wildman–Crippen LogP) is 5.63. The molecule has 0 aromatic heterocycles. The fraction of sp³-hybridized carbons (Fsp3) is 0.364. The molecule has 0 saturated carbocycles. The molecule has 0 aliphatic heterocycles. The molecular formula is C22H25BrCl2N2O2. The van der Waals surface area contributed by atoms with Gasteiger partial charge in [0.2, 0.25) is 11.8 Å². The van der Waals surface area contributed by atoms with Crippen molar-refractivity contribution >= 4 is 50.9 Å². The highest BCUT2D eigenvalue weighted by Crippen LogP contribution is 2.23. The highest BCUT2D eigenvalue weighted by atomic mass is 79.9. The number of benzene rings is 2. The van der Waals surface area contributed by atoms with Gasteiger partial charge in [0.1, 0.15) is 6.04 Å². The summed E-state index contributed by atoms with van der Waals surface area (Å²) in [5, 5.41) is 3.80. The first kappa shape index (κ1) is 23.7. The second-order valence-corrected chi connectivity index (χ2v) is 8.80. The van der Waals surface area contributed by atoms with Crippen LogP contribution in [0, 0.1) is 0 Å². The van der Waals surface area contributed by atoms with E-state index in [1.807, 2.05) is 38.1 Å². The van der Waals surface area contributed by atoms with E-state index in [0.29, 0.717) is 16.6 Å². The molecule has 0 fully saturated rings. The topological polar surface area (TPSA) is 49.4 Å². The number of halogens is 3. The Kier molecular flexibility index (Phi) is 9.00. The van der Waals surface area contributed by atoms with Crippen LogP contribution in [0.25, 0.3) is 0 Å². The Balaban J connectivity index is 2.23. The van der Waals surface area contributed by atoms with Crippen LogP contribution < -0.4 is 5.32 Å². The molecule has 156 valence electrons. The number of carbonyl (C=O) groups excluding carboxylic acids is 2. The molecule has 0 heterocycles. The van der Waals surface area contributed by atoms with E-state index in [4.69, 9.17) is 23.2 Å². The van der Waals surface area contributed by atoms with Crippen LogP contribution in [-0.4, -0.2) is 28.8 Å². The summed E-state index contributed by atoms with van der Waals surface area (Å²) in [4.78, 5) is 27.4. The van der Waals surface area contributed by atoms with E-state index in [9.17, 15) is 9.59 Å². The van der Waals surface area contributed by atoms with Crippen LogP contribution in [0.3, 0.4) is 0 Å². The highest BCUT2D eigenvalue weighted by molar-refractivity contribution is 9.10. The number of hydrogen-bond acceptors (Lipinski definition) is 2. The van der Waals surface area contributed by atoms with E-state index >= 15 is 0 Å². The van der Waals surface area contributed by atoms with Gasteiger partial charge in [0.15, 0.2) is 0 Å². The van der Waals surface area contributed by atoms with Gasteiger partial charge in [0.05, 0.1) is 16.5 Å². The molecule has 4 nitrogen and oxygen atoms in total. The summed E-state index contributed by atoms with van der Waals surface area (Å²) in [7, 11) is 0. The van der Waals surface area contributed by atoms with Gasteiger partial charge in [-0.3, -0.25) is 9.59 Å². The number of hydrogen-bond donors (Lipinski definition) is 1. The standard InChI is InChI=1S/C22H25BrCl2N2O2/c1-4-14(2)26-22(29)15(3)27(13-16-5-8-18(23)9-6-16)21(28)12-17-7-10-19(24)20(25)11-17/h5-11,14-15H,4,12-13H2,1-3H3,(H,26,29). The Morgan fingerprint density at radius 3 is 2.24 bits per heavy atom. The van der Waals surface area contributed by atoms with E-state index in [1.54, 1.807) is 30.0 Å².